The van der Waals surface area contributed by atoms with Crippen molar-refractivity contribution in [1.29, 1.82) is 0 Å². The Bertz CT molecular complexity index is 1940. The maximum absolute atomic E-state index is 12.6. The average Bonchev–Trinajstić information content (AvgIpc) is 2.89. The lowest BCUT2D eigenvalue weighted by Gasteiger charge is -2.11. The van der Waals surface area contributed by atoms with Crippen LogP contribution in [0, 0.1) is 0 Å². The summed E-state index contributed by atoms with van der Waals surface area (Å²) in [5.41, 5.74) is -0.882. The number of azo groups is 1. The zero-order chi connectivity index (χ0) is 32.2. The third kappa shape index (κ3) is 8.89. The minimum atomic E-state index is -5.05. The number of nitrogens with one attached hydrogen (secondary N) is 1. The number of carbonyl (C=O) groups excluding carboxylic acids is 1. The topological polar surface area (TPSA) is 273 Å². The molecule has 0 aliphatic rings. The number of ether oxygens (including phenoxy) is 1. The largest absolute Gasteiger partial charge is 0.505 e. The van der Waals surface area contributed by atoms with E-state index in [1.165, 1.54) is 31.4 Å². The van der Waals surface area contributed by atoms with Gasteiger partial charge in [0.05, 0.1) is 30.8 Å². The van der Waals surface area contributed by atoms with Gasteiger partial charge in [0.15, 0.2) is 15.6 Å². The molecule has 0 heterocycles. The van der Waals surface area contributed by atoms with E-state index in [4.69, 9.17) is 14.4 Å². The Labute approximate surface area is 244 Å². The molecule has 0 bridgehead atoms. The van der Waals surface area contributed by atoms with Crippen molar-refractivity contribution in [3.63, 3.8) is 0 Å². The van der Waals surface area contributed by atoms with E-state index in [9.17, 15) is 44.5 Å². The second-order valence-corrected chi connectivity index (χ2v) is 13.1. The van der Waals surface area contributed by atoms with Gasteiger partial charge in [-0.1, -0.05) is 0 Å². The number of benzene rings is 3. The zero-order valence-electron chi connectivity index (χ0n) is 21.9. The number of rotatable bonds is 13. The van der Waals surface area contributed by atoms with Crippen LogP contribution >= 0.6 is 0 Å². The number of hydrogen-bond acceptors (Lipinski definition) is 13. The highest BCUT2D eigenvalue weighted by atomic mass is 32.3. The van der Waals surface area contributed by atoms with E-state index in [1.807, 2.05) is 0 Å². The maximum atomic E-state index is 12.6. The first-order valence-electron chi connectivity index (χ1n) is 11.6. The van der Waals surface area contributed by atoms with Crippen molar-refractivity contribution in [2.24, 2.45) is 10.2 Å². The summed E-state index contributed by atoms with van der Waals surface area (Å²) < 4.78 is 98.6. The number of carboxylic acid groups (broad SMARTS) is 1. The lowest BCUT2D eigenvalue weighted by Crippen LogP contribution is -2.15. The fraction of sp³-hybridized carbons (Fsp3) is 0.217. The zero-order valence-corrected chi connectivity index (χ0v) is 24.3. The van der Waals surface area contributed by atoms with Crippen molar-refractivity contribution in [1.82, 2.24) is 0 Å². The summed E-state index contributed by atoms with van der Waals surface area (Å²) in [6.07, 6.45) is -0.762. The van der Waals surface area contributed by atoms with E-state index in [-0.39, 0.29) is 34.3 Å². The molecule has 1 amide bonds. The van der Waals surface area contributed by atoms with E-state index < -0.39 is 82.2 Å². The molecular formula is C23H23N3O14S3. The number of carboxylic acids is 1. The van der Waals surface area contributed by atoms with Crippen LogP contribution in [0.2, 0.25) is 0 Å². The average molecular weight is 662 g/mol. The minimum absolute atomic E-state index is 0.00649. The quantitative estimate of drug-likeness (QED) is 0.130. The van der Waals surface area contributed by atoms with Crippen LogP contribution in [0.15, 0.2) is 62.5 Å². The molecular weight excluding hydrogens is 638 g/mol. The van der Waals surface area contributed by atoms with E-state index in [2.05, 4.69) is 19.7 Å². The fourth-order valence-corrected chi connectivity index (χ4v) is 5.74. The lowest BCUT2D eigenvalue weighted by atomic mass is 10.1. The van der Waals surface area contributed by atoms with Crippen molar-refractivity contribution in [3.8, 4) is 11.5 Å². The SMILES string of the molecule is COc1ccc(S(=O)(=O)CCOS(=O)(=O)O)cc1N=Nc1c(S(=O)(=O)O)cc2cc(NC(=O)CCC(=O)O)ccc2c1O. The first kappa shape index (κ1) is 33.3. The second kappa shape index (κ2) is 13.0. The minimum Gasteiger partial charge on any atom is -0.505 e. The Kier molecular flexibility index (Phi) is 10.0. The summed E-state index contributed by atoms with van der Waals surface area (Å²) in [6.45, 7) is -0.902. The normalized spacial score (nSPS) is 12.4. The predicted molar refractivity (Wildman–Crippen MR) is 148 cm³/mol. The molecule has 0 aliphatic carbocycles. The molecule has 0 fully saturated rings. The van der Waals surface area contributed by atoms with Crippen LogP contribution in [0.25, 0.3) is 10.8 Å². The highest BCUT2D eigenvalue weighted by Crippen LogP contribution is 2.43. The summed E-state index contributed by atoms with van der Waals surface area (Å²) >= 11 is 0. The van der Waals surface area contributed by atoms with Crippen LogP contribution in [0.3, 0.4) is 0 Å². The van der Waals surface area contributed by atoms with Gasteiger partial charge in [0, 0.05) is 17.5 Å². The number of carbonyl (C=O) groups is 2. The number of aliphatic carboxylic acids is 1. The standard InChI is InChI=1S/C23H23N3O14S3/c1-39-18-5-3-15(41(31,32)9-8-40-43(36,37)38)12-17(18)25-26-22-19(42(33,34)35)11-13-10-14(2-4-16(13)23(22)30)24-20(27)6-7-21(28)29/h2-5,10-12,30H,6-9H2,1H3,(H,24,27)(H,28,29)(H,33,34,35)(H,36,37,38). The highest BCUT2D eigenvalue weighted by molar-refractivity contribution is 7.91. The van der Waals surface area contributed by atoms with Gasteiger partial charge in [-0.3, -0.25) is 18.7 Å². The smallest absolute Gasteiger partial charge is 0.397 e. The number of anilines is 1. The molecule has 0 radical (unpaired) electrons. The highest BCUT2D eigenvalue weighted by Gasteiger charge is 2.23. The molecule has 0 saturated carbocycles. The van der Waals surface area contributed by atoms with Crippen LogP contribution in [-0.4, -0.2) is 75.9 Å². The van der Waals surface area contributed by atoms with Gasteiger partial charge in [0.2, 0.25) is 5.91 Å². The number of sulfone groups is 1. The number of fused-ring (bicyclic) bond motifs is 1. The van der Waals surface area contributed by atoms with Gasteiger partial charge in [-0.25, -0.2) is 12.6 Å². The van der Waals surface area contributed by atoms with Crippen molar-refractivity contribution < 1.29 is 63.1 Å². The molecule has 0 saturated heterocycles. The Morgan fingerprint density at radius 2 is 1.63 bits per heavy atom. The van der Waals surface area contributed by atoms with Gasteiger partial charge in [-0.15, -0.1) is 10.2 Å². The molecule has 5 N–H and O–H groups in total. The molecule has 0 spiro atoms. The third-order valence-corrected chi connectivity index (χ3v) is 8.54. The van der Waals surface area contributed by atoms with E-state index in [0.29, 0.717) is 0 Å². The van der Waals surface area contributed by atoms with Crippen LogP contribution in [-0.2, 0) is 44.1 Å². The molecule has 43 heavy (non-hydrogen) atoms. The predicted octanol–water partition coefficient (Wildman–Crippen LogP) is 2.61. The number of nitrogens with zero attached hydrogens (tertiary/aromatic N) is 2. The van der Waals surface area contributed by atoms with Crippen molar-refractivity contribution in [2.45, 2.75) is 22.6 Å². The van der Waals surface area contributed by atoms with Gasteiger partial charge in [0.25, 0.3) is 10.1 Å². The summed E-state index contributed by atoms with van der Waals surface area (Å²) in [5, 5.41) is 29.6. The maximum Gasteiger partial charge on any atom is 0.397 e. The molecule has 3 aromatic carbocycles. The summed E-state index contributed by atoms with van der Waals surface area (Å²) in [4.78, 5) is 21.3. The number of aromatic hydroxyl groups is 1. The van der Waals surface area contributed by atoms with Crippen LogP contribution in [0.5, 0.6) is 11.5 Å². The number of amides is 1. The van der Waals surface area contributed by atoms with Gasteiger partial charge in [0.1, 0.15) is 22.0 Å². The fourth-order valence-electron chi connectivity index (χ4n) is 3.58. The molecule has 17 nitrogen and oxygen atoms in total. The van der Waals surface area contributed by atoms with Crippen LogP contribution in [0.4, 0.5) is 17.1 Å². The molecule has 0 aromatic heterocycles. The third-order valence-electron chi connectivity index (χ3n) is 5.53. The van der Waals surface area contributed by atoms with Gasteiger partial charge in [-0.2, -0.15) is 16.8 Å². The number of methoxy groups -OCH3 is 1. The first-order chi connectivity index (χ1) is 19.9. The Morgan fingerprint density at radius 1 is 0.930 bits per heavy atom. The monoisotopic (exact) mass is 661 g/mol. The van der Waals surface area contributed by atoms with Crippen molar-refractivity contribution >= 4 is 70.1 Å². The molecule has 20 heteroatoms. The van der Waals surface area contributed by atoms with Crippen LogP contribution < -0.4 is 10.1 Å². The molecule has 0 atom stereocenters. The van der Waals surface area contributed by atoms with Crippen molar-refractivity contribution in [3.05, 3.63) is 42.5 Å². The molecule has 232 valence electrons. The molecule has 0 aliphatic heterocycles. The van der Waals surface area contributed by atoms with Crippen molar-refractivity contribution in [2.75, 3.05) is 24.8 Å². The van der Waals surface area contributed by atoms with Crippen LogP contribution in [0.1, 0.15) is 12.8 Å². The van der Waals surface area contributed by atoms with E-state index in [1.54, 1.807) is 0 Å². The van der Waals surface area contributed by atoms with E-state index >= 15 is 0 Å². The Balaban J connectivity index is 2.04. The van der Waals surface area contributed by atoms with Gasteiger partial charge >= 0.3 is 16.4 Å². The number of phenols is 1. The Hall–Kier alpha value is -4.21. The molecule has 3 rings (SSSR count). The summed E-state index contributed by atoms with van der Waals surface area (Å²) in [7, 11) is -12.9. The molecule has 3 aromatic rings. The lowest BCUT2D eigenvalue weighted by molar-refractivity contribution is -0.138. The number of phenolic OH excluding ortho intramolecular Hbond substituents is 1. The van der Waals surface area contributed by atoms with Gasteiger partial charge in [-0.05, 0) is 47.9 Å². The number of hydrogen-bond donors (Lipinski definition) is 5. The summed E-state index contributed by atoms with van der Waals surface area (Å²) in [6, 6.07) is 8.02. The second-order valence-electron chi connectivity index (χ2n) is 8.53. The van der Waals surface area contributed by atoms with E-state index in [0.717, 1.165) is 18.2 Å². The summed E-state index contributed by atoms with van der Waals surface area (Å²) in [5.74, 6) is -3.50. The Morgan fingerprint density at radius 3 is 2.23 bits per heavy atom. The first-order valence-corrected chi connectivity index (χ1v) is 16.1. The molecule has 0 unspecified atom stereocenters. The van der Waals surface area contributed by atoms with Gasteiger partial charge < -0.3 is 20.3 Å².